The van der Waals surface area contributed by atoms with E-state index in [2.05, 4.69) is 16.0 Å². The zero-order valence-corrected chi connectivity index (χ0v) is 10.7. The number of halogens is 1. The number of ether oxygens (including phenoxy) is 1. The van der Waals surface area contributed by atoms with Crippen molar-refractivity contribution in [1.29, 1.82) is 0 Å². The summed E-state index contributed by atoms with van der Waals surface area (Å²) < 4.78 is 5.47. The van der Waals surface area contributed by atoms with Gasteiger partial charge >= 0.3 is 6.03 Å². The maximum absolute atomic E-state index is 11.7. The van der Waals surface area contributed by atoms with Crippen molar-refractivity contribution in [2.75, 3.05) is 31.6 Å². The number of para-hydroxylation sites is 1. The van der Waals surface area contributed by atoms with E-state index in [-0.39, 0.29) is 12.1 Å². The van der Waals surface area contributed by atoms with Crippen LogP contribution in [-0.4, -0.2) is 38.4 Å². The highest BCUT2D eigenvalue weighted by atomic mass is 35.5. The largest absolute Gasteiger partial charge is 0.374 e. The third kappa shape index (κ3) is 3.87. The zero-order valence-electron chi connectivity index (χ0n) is 9.91. The van der Waals surface area contributed by atoms with Gasteiger partial charge in [0.1, 0.15) is 0 Å². The van der Waals surface area contributed by atoms with Crippen molar-refractivity contribution in [2.24, 2.45) is 0 Å². The van der Waals surface area contributed by atoms with Crippen LogP contribution < -0.4 is 16.0 Å². The summed E-state index contributed by atoms with van der Waals surface area (Å²) in [4.78, 5) is 11.7. The molecule has 1 saturated heterocycles. The first kappa shape index (κ1) is 13.1. The lowest BCUT2D eigenvalue weighted by molar-refractivity contribution is 0.0310. The Hall–Kier alpha value is -1.30. The Bertz CT molecular complexity index is 408. The molecule has 0 radical (unpaired) electrons. The van der Waals surface area contributed by atoms with Gasteiger partial charge in [0.15, 0.2) is 0 Å². The first-order valence-corrected chi connectivity index (χ1v) is 6.25. The number of nitrogens with one attached hydrogen (secondary N) is 3. The third-order valence-electron chi connectivity index (χ3n) is 2.62. The number of carbonyl (C=O) groups is 1. The standard InChI is InChI=1S/C12H16ClN3O2/c13-10-3-1-2-4-11(10)16-12(17)15-8-9-7-14-5-6-18-9/h1-4,9,14H,5-8H2,(H2,15,16,17). The van der Waals surface area contributed by atoms with Gasteiger partial charge in [-0.3, -0.25) is 0 Å². The van der Waals surface area contributed by atoms with Crippen LogP contribution in [0.3, 0.4) is 0 Å². The number of urea groups is 1. The van der Waals surface area contributed by atoms with Gasteiger partial charge in [-0.1, -0.05) is 23.7 Å². The average Bonchev–Trinajstić information content (AvgIpc) is 2.40. The Morgan fingerprint density at radius 3 is 3.06 bits per heavy atom. The molecule has 0 saturated carbocycles. The van der Waals surface area contributed by atoms with E-state index in [1.54, 1.807) is 12.1 Å². The topological polar surface area (TPSA) is 62.4 Å². The summed E-state index contributed by atoms with van der Waals surface area (Å²) in [7, 11) is 0. The molecule has 0 spiro atoms. The van der Waals surface area contributed by atoms with Crippen LogP contribution in [0, 0.1) is 0 Å². The van der Waals surface area contributed by atoms with Crippen LogP contribution in [0.15, 0.2) is 24.3 Å². The number of amides is 2. The smallest absolute Gasteiger partial charge is 0.319 e. The molecule has 0 bridgehead atoms. The van der Waals surface area contributed by atoms with Gasteiger partial charge in [0, 0.05) is 19.6 Å². The summed E-state index contributed by atoms with van der Waals surface area (Å²) in [6, 6.07) is 6.83. The number of hydrogen-bond donors (Lipinski definition) is 3. The van der Waals surface area contributed by atoms with Crippen molar-refractivity contribution < 1.29 is 9.53 Å². The van der Waals surface area contributed by atoms with Gasteiger partial charge in [0.25, 0.3) is 0 Å². The number of morpholine rings is 1. The number of benzene rings is 1. The number of anilines is 1. The SMILES string of the molecule is O=C(NCC1CNCCO1)Nc1ccccc1Cl. The lowest BCUT2D eigenvalue weighted by Crippen LogP contribution is -2.46. The van der Waals surface area contributed by atoms with E-state index in [0.29, 0.717) is 23.9 Å². The zero-order chi connectivity index (χ0) is 12.8. The van der Waals surface area contributed by atoms with E-state index in [1.165, 1.54) is 0 Å². The van der Waals surface area contributed by atoms with E-state index >= 15 is 0 Å². The molecule has 1 heterocycles. The van der Waals surface area contributed by atoms with Crippen molar-refractivity contribution in [2.45, 2.75) is 6.10 Å². The minimum absolute atomic E-state index is 0.0238. The molecule has 5 nitrogen and oxygen atoms in total. The molecule has 1 aromatic carbocycles. The highest BCUT2D eigenvalue weighted by Crippen LogP contribution is 2.19. The molecule has 1 fully saturated rings. The Morgan fingerprint density at radius 2 is 2.33 bits per heavy atom. The van der Waals surface area contributed by atoms with Gasteiger partial charge in [0.05, 0.1) is 23.4 Å². The molecular weight excluding hydrogens is 254 g/mol. The molecule has 98 valence electrons. The van der Waals surface area contributed by atoms with Crippen molar-refractivity contribution in [1.82, 2.24) is 10.6 Å². The molecule has 0 aromatic heterocycles. The summed E-state index contributed by atoms with van der Waals surface area (Å²) >= 11 is 5.94. The molecule has 1 atom stereocenters. The average molecular weight is 270 g/mol. The maximum atomic E-state index is 11.7. The fraction of sp³-hybridized carbons (Fsp3) is 0.417. The van der Waals surface area contributed by atoms with Gasteiger partial charge in [0.2, 0.25) is 0 Å². The number of hydrogen-bond acceptors (Lipinski definition) is 3. The van der Waals surface area contributed by atoms with Crippen LogP contribution >= 0.6 is 11.6 Å². The van der Waals surface area contributed by atoms with Crippen LogP contribution in [0.1, 0.15) is 0 Å². The summed E-state index contributed by atoms with van der Waals surface area (Å²) in [5, 5.41) is 9.16. The van der Waals surface area contributed by atoms with Crippen molar-refractivity contribution in [3.63, 3.8) is 0 Å². The molecule has 18 heavy (non-hydrogen) atoms. The molecule has 1 aliphatic rings. The summed E-state index contributed by atoms with van der Waals surface area (Å²) in [5.41, 5.74) is 0.597. The predicted octanol–water partition coefficient (Wildman–Crippen LogP) is 1.45. The third-order valence-corrected chi connectivity index (χ3v) is 2.95. The van der Waals surface area contributed by atoms with E-state index < -0.39 is 0 Å². The lowest BCUT2D eigenvalue weighted by atomic mass is 10.3. The molecule has 0 aliphatic carbocycles. The minimum Gasteiger partial charge on any atom is -0.374 e. The van der Waals surface area contributed by atoms with E-state index in [1.807, 2.05) is 12.1 Å². The minimum atomic E-state index is -0.280. The summed E-state index contributed by atoms with van der Waals surface area (Å²) in [6.45, 7) is 2.77. The van der Waals surface area contributed by atoms with E-state index in [9.17, 15) is 4.79 Å². The first-order chi connectivity index (χ1) is 8.75. The quantitative estimate of drug-likeness (QED) is 0.778. The molecule has 1 aliphatic heterocycles. The van der Waals surface area contributed by atoms with Crippen molar-refractivity contribution in [3.8, 4) is 0 Å². The molecule has 3 N–H and O–H groups in total. The van der Waals surface area contributed by atoms with Crippen LogP contribution in [-0.2, 0) is 4.74 Å². The Morgan fingerprint density at radius 1 is 1.50 bits per heavy atom. The number of carbonyl (C=O) groups excluding carboxylic acids is 1. The van der Waals surface area contributed by atoms with Crippen molar-refractivity contribution >= 4 is 23.3 Å². The highest BCUT2D eigenvalue weighted by molar-refractivity contribution is 6.33. The van der Waals surface area contributed by atoms with E-state index in [0.717, 1.165) is 13.1 Å². The lowest BCUT2D eigenvalue weighted by Gasteiger charge is -2.23. The fourth-order valence-corrected chi connectivity index (χ4v) is 1.87. The Labute approximate surface area is 111 Å². The van der Waals surface area contributed by atoms with E-state index in [4.69, 9.17) is 16.3 Å². The predicted molar refractivity (Wildman–Crippen MR) is 71.1 cm³/mol. The normalized spacial score (nSPS) is 19.3. The summed E-state index contributed by atoms with van der Waals surface area (Å²) in [5.74, 6) is 0. The molecule has 2 amide bonds. The van der Waals surface area contributed by atoms with Gasteiger partial charge < -0.3 is 20.7 Å². The second-order valence-electron chi connectivity index (χ2n) is 4.01. The maximum Gasteiger partial charge on any atom is 0.319 e. The fourth-order valence-electron chi connectivity index (χ4n) is 1.69. The first-order valence-electron chi connectivity index (χ1n) is 5.87. The second-order valence-corrected chi connectivity index (χ2v) is 4.42. The second kappa shape index (κ2) is 6.58. The molecule has 6 heteroatoms. The van der Waals surface area contributed by atoms with Crippen molar-refractivity contribution in [3.05, 3.63) is 29.3 Å². The van der Waals surface area contributed by atoms with Gasteiger partial charge in [-0.05, 0) is 12.1 Å². The van der Waals surface area contributed by atoms with Gasteiger partial charge in [-0.25, -0.2) is 4.79 Å². The number of rotatable bonds is 3. The molecule has 1 aromatic rings. The summed E-state index contributed by atoms with van der Waals surface area (Å²) in [6.07, 6.45) is 0.0238. The molecular formula is C12H16ClN3O2. The van der Waals surface area contributed by atoms with Crippen LogP contribution in [0.25, 0.3) is 0 Å². The Balaban J connectivity index is 1.76. The van der Waals surface area contributed by atoms with Crippen LogP contribution in [0.5, 0.6) is 0 Å². The Kier molecular flexibility index (Phi) is 4.81. The van der Waals surface area contributed by atoms with Crippen LogP contribution in [0.2, 0.25) is 5.02 Å². The molecule has 1 unspecified atom stereocenters. The van der Waals surface area contributed by atoms with Gasteiger partial charge in [-0.2, -0.15) is 0 Å². The highest BCUT2D eigenvalue weighted by Gasteiger charge is 2.14. The molecule has 2 rings (SSSR count). The van der Waals surface area contributed by atoms with Crippen LogP contribution in [0.4, 0.5) is 10.5 Å². The monoisotopic (exact) mass is 269 g/mol. The van der Waals surface area contributed by atoms with Gasteiger partial charge in [-0.15, -0.1) is 0 Å².